The molecule has 0 spiro atoms. The first-order valence-electron chi connectivity index (χ1n) is 6.62. The van der Waals surface area contributed by atoms with Crippen LogP contribution in [0.3, 0.4) is 0 Å². The smallest absolute Gasteiger partial charge is 0.191 e. The summed E-state index contributed by atoms with van der Waals surface area (Å²) in [6.07, 6.45) is 0. The van der Waals surface area contributed by atoms with E-state index in [1.54, 1.807) is 18.4 Å². The SMILES string of the molecule is CN=C(NCCOc1ccc(Br)cc1)NCc1ccsc1. The van der Waals surface area contributed by atoms with Crippen molar-refractivity contribution in [2.24, 2.45) is 4.99 Å². The molecule has 0 bridgehead atoms. The van der Waals surface area contributed by atoms with Crippen molar-refractivity contribution in [1.29, 1.82) is 0 Å². The molecule has 0 unspecified atom stereocenters. The molecule has 2 aromatic rings. The summed E-state index contributed by atoms with van der Waals surface area (Å²) in [5.41, 5.74) is 1.26. The van der Waals surface area contributed by atoms with E-state index in [-0.39, 0.29) is 0 Å². The zero-order valence-electron chi connectivity index (χ0n) is 11.8. The maximum Gasteiger partial charge on any atom is 0.191 e. The van der Waals surface area contributed by atoms with Gasteiger partial charge in [-0.3, -0.25) is 4.99 Å². The molecule has 112 valence electrons. The lowest BCUT2D eigenvalue weighted by Crippen LogP contribution is -2.38. The number of hydrogen-bond acceptors (Lipinski definition) is 3. The van der Waals surface area contributed by atoms with Crippen molar-refractivity contribution in [3.05, 3.63) is 51.1 Å². The molecule has 0 atom stereocenters. The number of rotatable bonds is 6. The number of guanidine groups is 1. The van der Waals surface area contributed by atoms with Gasteiger partial charge in [-0.05, 0) is 46.7 Å². The summed E-state index contributed by atoms with van der Waals surface area (Å²) in [6.45, 7) is 2.05. The molecule has 0 aliphatic rings. The molecule has 4 nitrogen and oxygen atoms in total. The molecule has 0 amide bonds. The minimum absolute atomic E-state index is 0.584. The number of nitrogens with one attached hydrogen (secondary N) is 2. The predicted molar refractivity (Wildman–Crippen MR) is 92.2 cm³/mol. The Morgan fingerprint density at radius 2 is 2.05 bits per heavy atom. The third kappa shape index (κ3) is 5.77. The Kier molecular flexibility index (Phi) is 6.56. The van der Waals surface area contributed by atoms with Crippen LogP contribution in [0.15, 0.2) is 50.6 Å². The van der Waals surface area contributed by atoms with Crippen molar-refractivity contribution in [2.75, 3.05) is 20.2 Å². The van der Waals surface area contributed by atoms with Crippen molar-refractivity contribution in [3.8, 4) is 5.75 Å². The Hall–Kier alpha value is -1.53. The molecule has 2 rings (SSSR count). The van der Waals surface area contributed by atoms with E-state index >= 15 is 0 Å². The van der Waals surface area contributed by atoms with Crippen LogP contribution in [0, 0.1) is 0 Å². The predicted octanol–water partition coefficient (Wildman–Crippen LogP) is 3.25. The first-order chi connectivity index (χ1) is 10.3. The summed E-state index contributed by atoms with van der Waals surface area (Å²) < 4.78 is 6.69. The van der Waals surface area contributed by atoms with E-state index < -0.39 is 0 Å². The van der Waals surface area contributed by atoms with Crippen LogP contribution in [-0.2, 0) is 6.54 Å². The molecule has 0 saturated heterocycles. The molecule has 0 fully saturated rings. The number of aliphatic imine (C=N–C) groups is 1. The molecular formula is C15H18BrN3OS. The van der Waals surface area contributed by atoms with Gasteiger partial charge in [-0.15, -0.1) is 0 Å². The van der Waals surface area contributed by atoms with Gasteiger partial charge in [-0.25, -0.2) is 0 Å². The quantitative estimate of drug-likeness (QED) is 0.467. The average Bonchev–Trinajstić information content (AvgIpc) is 3.02. The third-order valence-electron chi connectivity index (χ3n) is 2.74. The number of hydrogen-bond donors (Lipinski definition) is 2. The number of nitrogens with zero attached hydrogens (tertiary/aromatic N) is 1. The molecule has 0 aliphatic carbocycles. The highest BCUT2D eigenvalue weighted by Gasteiger charge is 1.99. The van der Waals surface area contributed by atoms with E-state index in [1.807, 2.05) is 24.3 Å². The van der Waals surface area contributed by atoms with Crippen LogP contribution in [0.5, 0.6) is 5.75 Å². The largest absolute Gasteiger partial charge is 0.492 e. The minimum Gasteiger partial charge on any atom is -0.492 e. The fraction of sp³-hybridized carbons (Fsp3) is 0.267. The summed E-state index contributed by atoms with van der Waals surface area (Å²) in [5.74, 6) is 1.64. The van der Waals surface area contributed by atoms with E-state index in [4.69, 9.17) is 4.74 Å². The van der Waals surface area contributed by atoms with Gasteiger partial charge in [0.2, 0.25) is 0 Å². The maximum absolute atomic E-state index is 5.64. The zero-order chi connectivity index (χ0) is 14.9. The Labute approximate surface area is 137 Å². The average molecular weight is 368 g/mol. The summed E-state index contributed by atoms with van der Waals surface area (Å²) in [6, 6.07) is 9.90. The van der Waals surface area contributed by atoms with E-state index in [0.717, 1.165) is 22.7 Å². The van der Waals surface area contributed by atoms with Crippen molar-refractivity contribution < 1.29 is 4.74 Å². The number of ether oxygens (including phenoxy) is 1. The second-order valence-corrected chi connectivity index (χ2v) is 5.98. The van der Waals surface area contributed by atoms with Gasteiger partial charge in [0.25, 0.3) is 0 Å². The van der Waals surface area contributed by atoms with Gasteiger partial charge in [0.15, 0.2) is 5.96 Å². The van der Waals surface area contributed by atoms with Crippen LogP contribution < -0.4 is 15.4 Å². The molecule has 1 heterocycles. The Balaban J connectivity index is 1.65. The topological polar surface area (TPSA) is 45.7 Å². The molecular weight excluding hydrogens is 350 g/mol. The highest BCUT2D eigenvalue weighted by atomic mass is 79.9. The monoisotopic (exact) mass is 367 g/mol. The first kappa shape index (κ1) is 15.9. The summed E-state index contributed by atoms with van der Waals surface area (Å²) >= 11 is 5.09. The lowest BCUT2D eigenvalue weighted by atomic mass is 10.3. The first-order valence-corrected chi connectivity index (χ1v) is 8.35. The molecule has 21 heavy (non-hydrogen) atoms. The van der Waals surface area contributed by atoms with Gasteiger partial charge in [0, 0.05) is 18.1 Å². The summed E-state index contributed by atoms with van der Waals surface area (Å²) in [4.78, 5) is 4.18. The van der Waals surface area contributed by atoms with Crippen molar-refractivity contribution >= 4 is 33.2 Å². The second kappa shape index (κ2) is 8.69. The molecule has 1 aromatic heterocycles. The number of thiophene rings is 1. The minimum atomic E-state index is 0.584. The van der Waals surface area contributed by atoms with Crippen LogP contribution in [-0.4, -0.2) is 26.2 Å². The lowest BCUT2D eigenvalue weighted by Gasteiger charge is -2.12. The van der Waals surface area contributed by atoms with Gasteiger partial charge in [-0.2, -0.15) is 11.3 Å². The van der Waals surface area contributed by atoms with Crippen LogP contribution in [0.4, 0.5) is 0 Å². The third-order valence-corrected chi connectivity index (χ3v) is 4.00. The highest BCUT2D eigenvalue weighted by molar-refractivity contribution is 9.10. The van der Waals surface area contributed by atoms with Gasteiger partial charge >= 0.3 is 0 Å². The van der Waals surface area contributed by atoms with Crippen molar-refractivity contribution in [3.63, 3.8) is 0 Å². The van der Waals surface area contributed by atoms with Gasteiger partial charge in [-0.1, -0.05) is 15.9 Å². The fourth-order valence-electron chi connectivity index (χ4n) is 1.67. The van der Waals surface area contributed by atoms with E-state index in [9.17, 15) is 0 Å². The normalized spacial score (nSPS) is 11.2. The van der Waals surface area contributed by atoms with Crippen LogP contribution in [0.1, 0.15) is 5.56 Å². The number of benzene rings is 1. The maximum atomic E-state index is 5.64. The van der Waals surface area contributed by atoms with Crippen molar-refractivity contribution in [1.82, 2.24) is 10.6 Å². The van der Waals surface area contributed by atoms with Gasteiger partial charge in [0.05, 0.1) is 6.54 Å². The Morgan fingerprint density at radius 3 is 2.71 bits per heavy atom. The van der Waals surface area contributed by atoms with E-state index in [1.165, 1.54) is 5.56 Å². The summed E-state index contributed by atoms with van der Waals surface area (Å²) in [5, 5.41) is 10.7. The second-order valence-electron chi connectivity index (χ2n) is 4.29. The summed E-state index contributed by atoms with van der Waals surface area (Å²) in [7, 11) is 1.76. The molecule has 2 N–H and O–H groups in total. The standard InChI is InChI=1S/C15H18BrN3OS/c1-17-15(19-10-12-6-9-21-11-12)18-7-8-20-14-4-2-13(16)3-5-14/h2-6,9,11H,7-8,10H2,1H3,(H2,17,18,19). The molecule has 1 aromatic carbocycles. The Morgan fingerprint density at radius 1 is 1.24 bits per heavy atom. The van der Waals surface area contributed by atoms with Crippen LogP contribution >= 0.6 is 27.3 Å². The number of halogens is 1. The zero-order valence-corrected chi connectivity index (χ0v) is 14.2. The van der Waals surface area contributed by atoms with E-state index in [2.05, 4.69) is 48.4 Å². The molecule has 0 aliphatic heterocycles. The van der Waals surface area contributed by atoms with Gasteiger partial charge in [0.1, 0.15) is 12.4 Å². The Bertz CT molecular complexity index is 555. The van der Waals surface area contributed by atoms with Crippen LogP contribution in [0.25, 0.3) is 0 Å². The molecule has 0 saturated carbocycles. The van der Waals surface area contributed by atoms with Crippen molar-refractivity contribution in [2.45, 2.75) is 6.54 Å². The molecule has 0 radical (unpaired) electrons. The van der Waals surface area contributed by atoms with Gasteiger partial charge < -0.3 is 15.4 Å². The molecule has 6 heteroatoms. The van der Waals surface area contributed by atoms with Crippen LogP contribution in [0.2, 0.25) is 0 Å². The highest BCUT2D eigenvalue weighted by Crippen LogP contribution is 2.15. The fourth-order valence-corrected chi connectivity index (χ4v) is 2.60. The lowest BCUT2D eigenvalue weighted by molar-refractivity contribution is 0.322. The van der Waals surface area contributed by atoms with E-state index in [0.29, 0.717) is 13.2 Å².